The van der Waals surface area contributed by atoms with Crippen molar-refractivity contribution >= 4 is 16.2 Å². The van der Waals surface area contributed by atoms with Gasteiger partial charge in [0.2, 0.25) is 0 Å². The van der Waals surface area contributed by atoms with Gasteiger partial charge in [0.05, 0.1) is 13.2 Å². The lowest BCUT2D eigenvalue weighted by Crippen LogP contribution is -2.09. The van der Waals surface area contributed by atoms with Crippen LogP contribution in [0.1, 0.15) is 19.3 Å². The molecule has 0 aromatic carbocycles. The third-order valence-electron chi connectivity index (χ3n) is 2.28. The molecule has 0 aliphatic carbocycles. The summed E-state index contributed by atoms with van der Waals surface area (Å²) in [4.78, 5) is 11.2. The van der Waals surface area contributed by atoms with Gasteiger partial charge < -0.3 is 18.9 Å². The van der Waals surface area contributed by atoms with Crippen molar-refractivity contribution < 1.29 is 23.7 Å². The van der Waals surface area contributed by atoms with Crippen LogP contribution in [0.3, 0.4) is 0 Å². The summed E-state index contributed by atoms with van der Waals surface area (Å²) in [5.74, 6) is -0.191. The predicted octanol–water partition coefficient (Wildman–Crippen LogP) is -0.127. The van der Waals surface area contributed by atoms with E-state index in [0.29, 0.717) is 32.3 Å². The lowest BCUT2D eigenvalue weighted by atomic mass is 10.2. The minimum atomic E-state index is -0.191. The van der Waals surface area contributed by atoms with Gasteiger partial charge in [-0.05, 0) is 18.9 Å². The molecule has 0 radical (unpaired) electrons. The summed E-state index contributed by atoms with van der Waals surface area (Å²) >= 11 is 0. The summed E-state index contributed by atoms with van der Waals surface area (Å²) in [5, 5.41) is 0. The molecular weight excluding hydrogens is 240 g/mol. The molecule has 1 fully saturated rings. The molecule has 0 spiro atoms. The van der Waals surface area contributed by atoms with Gasteiger partial charge in [-0.3, -0.25) is 4.79 Å². The number of ether oxygens (including phenoxy) is 4. The Balaban J connectivity index is 1.75. The maximum atomic E-state index is 11.2. The molecule has 0 aromatic rings. The number of hydrogen-bond donors (Lipinski definition) is 0. The molecular formula is C11H22O5Si. The Morgan fingerprint density at radius 1 is 1.29 bits per heavy atom. The zero-order chi connectivity index (χ0) is 12.3. The van der Waals surface area contributed by atoms with Gasteiger partial charge in [-0.15, -0.1) is 0 Å². The molecule has 17 heavy (non-hydrogen) atoms. The molecule has 1 rings (SSSR count). The van der Waals surface area contributed by atoms with Crippen LogP contribution in [0.25, 0.3) is 0 Å². The Morgan fingerprint density at radius 2 is 2.12 bits per heavy atom. The van der Waals surface area contributed by atoms with E-state index in [9.17, 15) is 4.79 Å². The lowest BCUT2D eigenvalue weighted by Gasteiger charge is -2.05. The molecule has 5 nitrogen and oxygen atoms in total. The maximum Gasteiger partial charge on any atom is 0.307 e. The molecule has 100 valence electrons. The van der Waals surface area contributed by atoms with Crippen molar-refractivity contribution in [2.24, 2.45) is 0 Å². The summed E-state index contributed by atoms with van der Waals surface area (Å²) in [6.45, 7) is 2.97. The van der Waals surface area contributed by atoms with Crippen LogP contribution in [-0.4, -0.2) is 55.5 Å². The van der Waals surface area contributed by atoms with Crippen molar-refractivity contribution in [1.82, 2.24) is 0 Å². The fourth-order valence-corrected chi connectivity index (χ4v) is 1.52. The Kier molecular flexibility index (Phi) is 8.24. The fraction of sp³-hybridized carbons (Fsp3) is 0.909. The summed E-state index contributed by atoms with van der Waals surface area (Å²) < 4.78 is 20.3. The van der Waals surface area contributed by atoms with Crippen molar-refractivity contribution in [2.75, 3.05) is 33.2 Å². The number of epoxide rings is 1. The summed E-state index contributed by atoms with van der Waals surface area (Å²) in [7, 11) is 1.12. The Hall–Kier alpha value is -0.433. The number of esters is 1. The molecule has 0 amide bonds. The molecule has 6 heteroatoms. The third kappa shape index (κ3) is 9.28. The Bertz CT molecular complexity index is 208. The standard InChI is InChI=1S/C11H22O5Si/c12-11(16-9-14-5-6-17)3-1-2-4-13-7-10-8-15-10/h10H,1-9H2,17H3. The zero-order valence-electron chi connectivity index (χ0n) is 10.5. The largest absolute Gasteiger partial charge is 0.438 e. The monoisotopic (exact) mass is 262 g/mol. The average molecular weight is 262 g/mol. The van der Waals surface area contributed by atoms with Gasteiger partial charge >= 0.3 is 5.97 Å². The smallest absolute Gasteiger partial charge is 0.307 e. The van der Waals surface area contributed by atoms with Crippen LogP contribution in [-0.2, 0) is 23.7 Å². The number of rotatable bonds is 11. The first-order valence-corrected chi connectivity index (χ1v) is 7.67. The number of hydrogen-bond acceptors (Lipinski definition) is 5. The van der Waals surface area contributed by atoms with Crippen molar-refractivity contribution in [1.29, 1.82) is 0 Å². The minimum absolute atomic E-state index is 0.0938. The lowest BCUT2D eigenvalue weighted by molar-refractivity contribution is -0.155. The summed E-state index contributed by atoms with van der Waals surface area (Å²) in [6.07, 6.45) is 2.43. The third-order valence-corrected chi connectivity index (χ3v) is 2.69. The van der Waals surface area contributed by atoms with E-state index in [1.54, 1.807) is 0 Å². The van der Waals surface area contributed by atoms with Gasteiger partial charge in [0.1, 0.15) is 6.10 Å². The van der Waals surface area contributed by atoms with E-state index in [-0.39, 0.29) is 12.8 Å². The van der Waals surface area contributed by atoms with Crippen molar-refractivity contribution in [2.45, 2.75) is 31.4 Å². The summed E-state index contributed by atoms with van der Waals surface area (Å²) in [6, 6.07) is 1.07. The predicted molar refractivity (Wildman–Crippen MR) is 66.1 cm³/mol. The zero-order valence-corrected chi connectivity index (χ0v) is 12.5. The second-order valence-corrected chi connectivity index (χ2v) is 5.03. The van der Waals surface area contributed by atoms with Crippen molar-refractivity contribution in [3.8, 4) is 0 Å². The van der Waals surface area contributed by atoms with Crippen LogP contribution in [0.5, 0.6) is 0 Å². The van der Waals surface area contributed by atoms with Gasteiger partial charge in [-0.2, -0.15) is 0 Å². The molecule has 0 N–H and O–H groups in total. The van der Waals surface area contributed by atoms with E-state index >= 15 is 0 Å². The minimum Gasteiger partial charge on any atom is -0.438 e. The molecule has 0 saturated carbocycles. The second kappa shape index (κ2) is 9.58. The van der Waals surface area contributed by atoms with E-state index in [0.717, 1.165) is 35.7 Å². The van der Waals surface area contributed by atoms with Gasteiger partial charge in [0.25, 0.3) is 0 Å². The topological polar surface area (TPSA) is 57.3 Å². The van der Waals surface area contributed by atoms with Crippen LogP contribution in [0.2, 0.25) is 6.04 Å². The van der Waals surface area contributed by atoms with E-state index < -0.39 is 0 Å². The number of carbonyl (C=O) groups is 1. The van der Waals surface area contributed by atoms with E-state index in [4.69, 9.17) is 18.9 Å². The molecule has 1 saturated heterocycles. The first-order valence-electron chi connectivity index (χ1n) is 6.25. The van der Waals surface area contributed by atoms with Gasteiger partial charge in [0, 0.05) is 29.9 Å². The van der Waals surface area contributed by atoms with E-state index in [1.807, 2.05) is 0 Å². The van der Waals surface area contributed by atoms with Gasteiger partial charge in [-0.25, -0.2) is 0 Å². The van der Waals surface area contributed by atoms with Crippen molar-refractivity contribution in [3.63, 3.8) is 0 Å². The quantitative estimate of drug-likeness (QED) is 0.171. The molecule has 1 aliphatic heterocycles. The molecule has 1 aliphatic rings. The normalized spacial score (nSPS) is 18.2. The molecule has 1 atom stereocenters. The highest BCUT2D eigenvalue weighted by atomic mass is 28.1. The van der Waals surface area contributed by atoms with Crippen LogP contribution >= 0.6 is 0 Å². The van der Waals surface area contributed by atoms with Crippen LogP contribution < -0.4 is 0 Å². The second-order valence-electron chi connectivity index (χ2n) is 4.03. The summed E-state index contributed by atoms with van der Waals surface area (Å²) in [5.41, 5.74) is 0. The average Bonchev–Trinajstić information content (AvgIpc) is 3.13. The molecule has 0 bridgehead atoms. The van der Waals surface area contributed by atoms with E-state index in [1.165, 1.54) is 0 Å². The Morgan fingerprint density at radius 3 is 2.82 bits per heavy atom. The number of carbonyl (C=O) groups excluding carboxylic acids is 1. The fourth-order valence-electron chi connectivity index (χ4n) is 1.24. The number of unbranched alkanes of at least 4 members (excludes halogenated alkanes) is 1. The maximum absolute atomic E-state index is 11.2. The SMILES string of the molecule is O=C(CCCCOCC1CO1)OCOCC[SiH3]. The Labute approximate surface area is 105 Å². The van der Waals surface area contributed by atoms with Crippen molar-refractivity contribution in [3.05, 3.63) is 0 Å². The molecule has 1 heterocycles. The highest BCUT2D eigenvalue weighted by Gasteiger charge is 2.21. The van der Waals surface area contributed by atoms with Gasteiger partial charge in [-0.1, -0.05) is 0 Å². The molecule has 1 unspecified atom stereocenters. The first-order chi connectivity index (χ1) is 8.33. The highest BCUT2D eigenvalue weighted by Crippen LogP contribution is 2.09. The van der Waals surface area contributed by atoms with Crippen LogP contribution in [0.4, 0.5) is 0 Å². The highest BCUT2D eigenvalue weighted by molar-refractivity contribution is 6.08. The van der Waals surface area contributed by atoms with Gasteiger partial charge in [0.15, 0.2) is 6.79 Å². The van der Waals surface area contributed by atoms with Crippen LogP contribution in [0, 0.1) is 0 Å². The first kappa shape index (κ1) is 14.6. The van der Waals surface area contributed by atoms with E-state index in [2.05, 4.69) is 0 Å². The molecule has 0 aromatic heterocycles. The van der Waals surface area contributed by atoms with Crippen LogP contribution in [0.15, 0.2) is 0 Å².